The average Bonchev–Trinajstić information content (AvgIpc) is 3.26. The Bertz CT molecular complexity index is 1280. The van der Waals surface area contributed by atoms with Gasteiger partial charge in [-0.3, -0.25) is 14.4 Å². The summed E-state index contributed by atoms with van der Waals surface area (Å²) in [4.78, 5) is 40.7. The maximum atomic E-state index is 13.9. The fourth-order valence-corrected chi connectivity index (χ4v) is 4.34. The molecule has 1 atom stereocenters. The SMILES string of the molecule is CCC(C)(C)NC(=O)[C@@H](c1ccc(F)cc1)N(Cc1ccc(OC)cc1)C(=O)c1snc(C(N)=O)c1N. The summed E-state index contributed by atoms with van der Waals surface area (Å²) in [7, 11) is 1.54. The van der Waals surface area contributed by atoms with Gasteiger partial charge in [-0.2, -0.15) is 4.37 Å². The maximum absolute atomic E-state index is 13.9. The molecule has 3 rings (SSSR count). The van der Waals surface area contributed by atoms with Crippen LogP contribution in [0.15, 0.2) is 48.5 Å². The highest BCUT2D eigenvalue weighted by molar-refractivity contribution is 7.09. The molecule has 0 bridgehead atoms. The van der Waals surface area contributed by atoms with Crippen LogP contribution in [-0.2, 0) is 11.3 Å². The summed E-state index contributed by atoms with van der Waals surface area (Å²) < 4.78 is 22.9. The summed E-state index contributed by atoms with van der Waals surface area (Å²) in [5.41, 5.74) is 11.5. The predicted octanol–water partition coefficient (Wildman–Crippen LogP) is 3.66. The van der Waals surface area contributed by atoms with Crippen molar-refractivity contribution >= 4 is 34.9 Å². The molecule has 5 N–H and O–H groups in total. The third-order valence-electron chi connectivity index (χ3n) is 6.02. The van der Waals surface area contributed by atoms with Gasteiger partial charge < -0.3 is 26.4 Å². The minimum Gasteiger partial charge on any atom is -0.497 e. The van der Waals surface area contributed by atoms with E-state index in [1.54, 1.807) is 24.3 Å². The molecular weight excluding hydrogens is 497 g/mol. The standard InChI is InChI=1S/C26H30FN5O4S/c1-5-26(2,3)30-24(34)21(16-8-10-17(27)11-9-16)32(14-15-6-12-18(36-4)13-7-15)25(35)22-19(28)20(23(29)33)31-37-22/h6-13,21H,5,14,28H2,1-4H3,(H2,29,33)(H,30,34)/t21-/m1/s1. The lowest BCUT2D eigenvalue weighted by Gasteiger charge is -2.34. The molecule has 0 fully saturated rings. The van der Waals surface area contributed by atoms with Crippen LogP contribution in [0.1, 0.15) is 64.5 Å². The lowest BCUT2D eigenvalue weighted by Crippen LogP contribution is -2.50. The van der Waals surface area contributed by atoms with Gasteiger partial charge in [-0.25, -0.2) is 4.39 Å². The molecule has 0 spiro atoms. The van der Waals surface area contributed by atoms with Crippen LogP contribution in [0.2, 0.25) is 0 Å². The van der Waals surface area contributed by atoms with Crippen molar-refractivity contribution in [2.45, 2.75) is 45.3 Å². The maximum Gasteiger partial charge on any atom is 0.270 e. The number of benzene rings is 2. The number of primary amides is 1. The van der Waals surface area contributed by atoms with Gasteiger partial charge in [-0.1, -0.05) is 31.2 Å². The van der Waals surface area contributed by atoms with Crippen LogP contribution >= 0.6 is 11.5 Å². The lowest BCUT2D eigenvalue weighted by molar-refractivity contribution is -0.127. The highest BCUT2D eigenvalue weighted by Gasteiger charge is 2.36. The quantitative estimate of drug-likeness (QED) is 0.368. The number of amides is 3. The molecule has 0 aliphatic heterocycles. The lowest BCUT2D eigenvalue weighted by atomic mass is 9.98. The monoisotopic (exact) mass is 527 g/mol. The van der Waals surface area contributed by atoms with E-state index in [4.69, 9.17) is 16.2 Å². The predicted molar refractivity (Wildman–Crippen MR) is 140 cm³/mol. The molecule has 196 valence electrons. The molecule has 3 aromatic rings. The van der Waals surface area contributed by atoms with Crippen LogP contribution in [0, 0.1) is 5.82 Å². The van der Waals surface area contributed by atoms with E-state index in [1.807, 2.05) is 20.8 Å². The van der Waals surface area contributed by atoms with Crippen molar-refractivity contribution in [3.8, 4) is 5.75 Å². The topological polar surface area (TPSA) is 141 Å². The normalized spacial score (nSPS) is 12.0. The van der Waals surface area contributed by atoms with Gasteiger partial charge in [0.15, 0.2) is 5.69 Å². The number of carbonyl (C=O) groups is 3. The van der Waals surface area contributed by atoms with Crippen LogP contribution in [0.3, 0.4) is 0 Å². The Morgan fingerprint density at radius 2 is 1.76 bits per heavy atom. The zero-order valence-corrected chi connectivity index (χ0v) is 21.9. The highest BCUT2D eigenvalue weighted by atomic mass is 32.1. The zero-order valence-electron chi connectivity index (χ0n) is 21.1. The van der Waals surface area contributed by atoms with Crippen molar-refractivity contribution in [3.05, 3.63) is 76.0 Å². The van der Waals surface area contributed by atoms with Gasteiger partial charge in [0.05, 0.1) is 12.8 Å². The molecule has 3 amide bonds. The van der Waals surface area contributed by atoms with E-state index in [9.17, 15) is 18.8 Å². The van der Waals surface area contributed by atoms with Gasteiger partial charge in [0.2, 0.25) is 5.91 Å². The number of nitrogens with one attached hydrogen (secondary N) is 1. The molecule has 0 aliphatic rings. The number of methoxy groups -OCH3 is 1. The first-order valence-corrected chi connectivity index (χ1v) is 12.3. The van der Waals surface area contributed by atoms with Gasteiger partial charge in [0.25, 0.3) is 11.8 Å². The number of hydrogen-bond donors (Lipinski definition) is 3. The van der Waals surface area contributed by atoms with E-state index in [0.29, 0.717) is 23.3 Å². The van der Waals surface area contributed by atoms with Gasteiger partial charge >= 0.3 is 0 Å². The van der Waals surface area contributed by atoms with Crippen LogP contribution in [0.5, 0.6) is 5.75 Å². The molecule has 9 nitrogen and oxygen atoms in total. The number of nitrogens with zero attached hydrogens (tertiary/aromatic N) is 2. The summed E-state index contributed by atoms with van der Waals surface area (Å²) in [6, 6.07) is 11.2. The molecular formula is C26H30FN5O4S. The number of nitrogens with two attached hydrogens (primary N) is 2. The summed E-state index contributed by atoms with van der Waals surface area (Å²) in [6.45, 7) is 5.65. The van der Waals surface area contributed by atoms with E-state index < -0.39 is 35.1 Å². The fraction of sp³-hybridized carbons (Fsp3) is 0.308. The molecule has 0 saturated heterocycles. The van der Waals surface area contributed by atoms with Crippen LogP contribution in [0.4, 0.5) is 10.1 Å². The Kier molecular flexibility index (Phi) is 8.49. The molecule has 1 heterocycles. The number of anilines is 1. The molecule has 0 saturated carbocycles. The summed E-state index contributed by atoms with van der Waals surface area (Å²) in [5, 5.41) is 2.98. The third kappa shape index (κ3) is 6.42. The van der Waals surface area contributed by atoms with E-state index in [0.717, 1.165) is 11.5 Å². The summed E-state index contributed by atoms with van der Waals surface area (Å²) >= 11 is 0.723. The van der Waals surface area contributed by atoms with Crippen molar-refractivity contribution in [2.75, 3.05) is 12.8 Å². The Morgan fingerprint density at radius 1 is 1.14 bits per heavy atom. The molecule has 0 radical (unpaired) electrons. The number of carbonyl (C=O) groups excluding carboxylic acids is 3. The second-order valence-electron chi connectivity index (χ2n) is 9.10. The fourth-order valence-electron chi connectivity index (χ4n) is 3.58. The minimum atomic E-state index is -1.15. The van der Waals surface area contributed by atoms with E-state index in [1.165, 1.54) is 36.3 Å². The Labute approximate surface area is 218 Å². The van der Waals surface area contributed by atoms with Crippen molar-refractivity contribution in [2.24, 2.45) is 5.73 Å². The number of nitrogen functional groups attached to an aromatic ring is 1. The van der Waals surface area contributed by atoms with Crippen molar-refractivity contribution in [1.82, 2.24) is 14.6 Å². The first-order chi connectivity index (χ1) is 17.5. The highest BCUT2D eigenvalue weighted by Crippen LogP contribution is 2.31. The number of rotatable bonds is 10. The van der Waals surface area contributed by atoms with Crippen LogP contribution in [0.25, 0.3) is 0 Å². The van der Waals surface area contributed by atoms with Gasteiger partial charge in [-0.05, 0) is 67.2 Å². The Balaban J connectivity index is 2.15. The third-order valence-corrected chi connectivity index (χ3v) is 6.87. The average molecular weight is 528 g/mol. The number of hydrogen-bond acceptors (Lipinski definition) is 7. The molecule has 2 aromatic carbocycles. The number of aromatic nitrogens is 1. The smallest absolute Gasteiger partial charge is 0.270 e. The summed E-state index contributed by atoms with van der Waals surface area (Å²) in [6.07, 6.45) is 0.630. The molecule has 37 heavy (non-hydrogen) atoms. The van der Waals surface area contributed by atoms with Crippen LogP contribution in [-0.4, -0.2) is 39.6 Å². The zero-order chi connectivity index (χ0) is 27.3. The second-order valence-corrected chi connectivity index (χ2v) is 9.87. The Hall–Kier alpha value is -3.99. The minimum absolute atomic E-state index is 0.00586. The van der Waals surface area contributed by atoms with Crippen LogP contribution < -0.4 is 21.5 Å². The van der Waals surface area contributed by atoms with Crippen molar-refractivity contribution in [1.29, 1.82) is 0 Å². The molecule has 0 aliphatic carbocycles. The van der Waals surface area contributed by atoms with E-state index in [2.05, 4.69) is 9.69 Å². The van der Waals surface area contributed by atoms with Gasteiger partial charge in [0.1, 0.15) is 22.5 Å². The second kappa shape index (κ2) is 11.4. The summed E-state index contributed by atoms with van der Waals surface area (Å²) in [5.74, 6) is -1.82. The number of ether oxygens (including phenoxy) is 1. The number of halogens is 1. The molecule has 11 heteroatoms. The van der Waals surface area contributed by atoms with Gasteiger partial charge in [0, 0.05) is 12.1 Å². The van der Waals surface area contributed by atoms with Crippen molar-refractivity contribution in [3.63, 3.8) is 0 Å². The van der Waals surface area contributed by atoms with Crippen molar-refractivity contribution < 1.29 is 23.5 Å². The Morgan fingerprint density at radius 3 is 2.27 bits per heavy atom. The first-order valence-electron chi connectivity index (χ1n) is 11.5. The molecule has 0 unspecified atom stereocenters. The largest absolute Gasteiger partial charge is 0.497 e. The van der Waals surface area contributed by atoms with E-state index >= 15 is 0 Å². The first kappa shape index (κ1) is 27.6. The van der Waals surface area contributed by atoms with E-state index in [-0.39, 0.29) is 22.8 Å². The molecule has 1 aromatic heterocycles. The van der Waals surface area contributed by atoms with Gasteiger partial charge in [-0.15, -0.1) is 0 Å².